The first-order valence-corrected chi connectivity index (χ1v) is 6.20. The Balaban J connectivity index is 2.35. The van der Waals surface area contributed by atoms with Crippen LogP contribution in [-0.4, -0.2) is 35.3 Å². The highest BCUT2D eigenvalue weighted by Gasteiger charge is 2.43. The SMILES string of the molecule is Cc1cncc(C(=O)C2(N(C)C)CCCC2)c1. The summed E-state index contributed by atoms with van der Waals surface area (Å²) in [5.41, 5.74) is 1.50. The molecule has 3 nitrogen and oxygen atoms in total. The van der Waals surface area contributed by atoms with Crippen LogP contribution < -0.4 is 0 Å². The Kier molecular flexibility index (Phi) is 3.29. The predicted molar refractivity (Wildman–Crippen MR) is 68.2 cm³/mol. The first kappa shape index (κ1) is 12.2. The van der Waals surface area contributed by atoms with Gasteiger partial charge in [0.1, 0.15) is 0 Å². The molecule has 1 aromatic rings. The zero-order chi connectivity index (χ0) is 12.5. The highest BCUT2D eigenvalue weighted by molar-refractivity contribution is 6.03. The molecule has 0 aromatic carbocycles. The van der Waals surface area contributed by atoms with Crippen molar-refractivity contribution < 1.29 is 4.79 Å². The van der Waals surface area contributed by atoms with Gasteiger partial charge in [-0.1, -0.05) is 12.8 Å². The molecule has 0 N–H and O–H groups in total. The molecule has 0 atom stereocenters. The zero-order valence-corrected chi connectivity index (χ0v) is 10.9. The number of hydrogen-bond donors (Lipinski definition) is 0. The van der Waals surface area contributed by atoms with E-state index in [1.807, 2.05) is 27.1 Å². The van der Waals surface area contributed by atoms with Crippen LogP contribution in [0.4, 0.5) is 0 Å². The van der Waals surface area contributed by atoms with Gasteiger partial charge in [-0.3, -0.25) is 14.7 Å². The molecule has 1 fully saturated rings. The molecular weight excluding hydrogens is 212 g/mol. The summed E-state index contributed by atoms with van der Waals surface area (Å²) < 4.78 is 0. The first-order chi connectivity index (χ1) is 8.06. The van der Waals surface area contributed by atoms with Crippen molar-refractivity contribution in [2.75, 3.05) is 14.1 Å². The maximum atomic E-state index is 12.7. The van der Waals surface area contributed by atoms with E-state index in [0.717, 1.165) is 36.8 Å². The van der Waals surface area contributed by atoms with Crippen LogP contribution in [0.1, 0.15) is 41.6 Å². The minimum absolute atomic E-state index is 0.233. The molecule has 3 heteroatoms. The minimum Gasteiger partial charge on any atom is -0.297 e. The van der Waals surface area contributed by atoms with Gasteiger partial charge in [0.2, 0.25) is 0 Å². The van der Waals surface area contributed by atoms with Crippen molar-refractivity contribution in [3.63, 3.8) is 0 Å². The number of aryl methyl sites for hydroxylation is 1. The molecular formula is C14H20N2O. The van der Waals surface area contributed by atoms with Crippen molar-refractivity contribution in [2.45, 2.75) is 38.1 Å². The molecule has 0 unspecified atom stereocenters. The second-order valence-electron chi connectivity index (χ2n) is 5.21. The molecule has 0 saturated heterocycles. The van der Waals surface area contributed by atoms with Crippen molar-refractivity contribution in [3.8, 4) is 0 Å². The Bertz CT molecular complexity index is 420. The number of ketones is 1. The summed E-state index contributed by atoms with van der Waals surface area (Å²) in [4.78, 5) is 18.9. The number of nitrogens with zero attached hydrogens (tertiary/aromatic N) is 2. The summed E-state index contributed by atoms with van der Waals surface area (Å²) in [6.45, 7) is 1.97. The lowest BCUT2D eigenvalue weighted by Gasteiger charge is -2.34. The average molecular weight is 232 g/mol. The first-order valence-electron chi connectivity index (χ1n) is 6.20. The van der Waals surface area contributed by atoms with E-state index in [1.165, 1.54) is 0 Å². The molecule has 0 amide bonds. The maximum absolute atomic E-state index is 12.7. The highest BCUT2D eigenvalue weighted by Crippen LogP contribution is 2.36. The highest BCUT2D eigenvalue weighted by atomic mass is 16.1. The molecule has 92 valence electrons. The summed E-state index contributed by atoms with van der Waals surface area (Å²) >= 11 is 0. The third kappa shape index (κ3) is 2.12. The van der Waals surface area contributed by atoms with Crippen molar-refractivity contribution >= 4 is 5.78 Å². The van der Waals surface area contributed by atoms with E-state index in [2.05, 4.69) is 9.88 Å². The smallest absolute Gasteiger partial charge is 0.184 e. The second-order valence-corrected chi connectivity index (χ2v) is 5.21. The van der Waals surface area contributed by atoms with Gasteiger partial charge in [0, 0.05) is 18.0 Å². The van der Waals surface area contributed by atoms with E-state index in [1.54, 1.807) is 12.4 Å². The van der Waals surface area contributed by atoms with E-state index < -0.39 is 0 Å². The summed E-state index contributed by atoms with van der Waals surface area (Å²) in [5.74, 6) is 0.233. The van der Waals surface area contributed by atoms with Crippen LogP contribution in [0.15, 0.2) is 18.5 Å². The van der Waals surface area contributed by atoms with Crippen molar-refractivity contribution in [3.05, 3.63) is 29.6 Å². The number of rotatable bonds is 3. The fourth-order valence-electron chi connectivity index (χ4n) is 2.79. The Hall–Kier alpha value is -1.22. The summed E-state index contributed by atoms with van der Waals surface area (Å²) in [7, 11) is 4.01. The fourth-order valence-corrected chi connectivity index (χ4v) is 2.79. The molecule has 0 bridgehead atoms. The van der Waals surface area contributed by atoms with Crippen LogP contribution >= 0.6 is 0 Å². The molecule has 0 radical (unpaired) electrons. The molecule has 1 aromatic heterocycles. The van der Waals surface area contributed by atoms with E-state index in [9.17, 15) is 4.79 Å². The van der Waals surface area contributed by atoms with Crippen LogP contribution in [0.5, 0.6) is 0 Å². The number of hydrogen-bond acceptors (Lipinski definition) is 3. The van der Waals surface area contributed by atoms with Crippen LogP contribution in [0.25, 0.3) is 0 Å². The lowest BCUT2D eigenvalue weighted by molar-refractivity contribution is 0.0693. The van der Waals surface area contributed by atoms with Gasteiger partial charge in [-0.15, -0.1) is 0 Å². The Morgan fingerprint density at radius 2 is 1.94 bits per heavy atom. The van der Waals surface area contributed by atoms with Gasteiger partial charge >= 0.3 is 0 Å². The lowest BCUT2D eigenvalue weighted by atomic mass is 9.86. The summed E-state index contributed by atoms with van der Waals surface area (Å²) in [5, 5.41) is 0. The van der Waals surface area contributed by atoms with Crippen molar-refractivity contribution in [2.24, 2.45) is 0 Å². The Morgan fingerprint density at radius 1 is 1.29 bits per heavy atom. The maximum Gasteiger partial charge on any atom is 0.184 e. The second kappa shape index (κ2) is 4.57. The molecule has 0 spiro atoms. The Labute approximate surface area is 103 Å². The van der Waals surface area contributed by atoms with E-state index in [0.29, 0.717) is 0 Å². The van der Waals surface area contributed by atoms with E-state index >= 15 is 0 Å². The van der Waals surface area contributed by atoms with Crippen LogP contribution in [0.3, 0.4) is 0 Å². The lowest BCUT2D eigenvalue weighted by Crippen LogP contribution is -2.48. The Morgan fingerprint density at radius 3 is 2.47 bits per heavy atom. The molecule has 1 saturated carbocycles. The van der Waals surface area contributed by atoms with E-state index in [-0.39, 0.29) is 11.3 Å². The number of pyridine rings is 1. The molecule has 1 aliphatic carbocycles. The molecule has 2 rings (SSSR count). The number of Topliss-reactive ketones (excluding diaryl/α,β-unsaturated/α-hetero) is 1. The molecule has 17 heavy (non-hydrogen) atoms. The minimum atomic E-state index is -0.296. The van der Waals surface area contributed by atoms with Gasteiger partial charge in [0.15, 0.2) is 5.78 Å². The van der Waals surface area contributed by atoms with E-state index in [4.69, 9.17) is 0 Å². The summed E-state index contributed by atoms with van der Waals surface area (Å²) in [6, 6.07) is 1.94. The standard InChI is InChI=1S/C14H20N2O/c1-11-8-12(10-15-9-11)13(17)14(16(2)3)6-4-5-7-14/h8-10H,4-7H2,1-3H3. The average Bonchev–Trinajstić information content (AvgIpc) is 2.78. The quantitative estimate of drug-likeness (QED) is 0.750. The van der Waals surface area contributed by atoms with Gasteiger partial charge in [0.05, 0.1) is 5.54 Å². The largest absolute Gasteiger partial charge is 0.297 e. The van der Waals surface area contributed by atoms with Gasteiger partial charge in [-0.25, -0.2) is 0 Å². The van der Waals surface area contributed by atoms with Gasteiger partial charge < -0.3 is 0 Å². The van der Waals surface area contributed by atoms with Gasteiger partial charge in [-0.05, 0) is 45.5 Å². The normalized spacial score (nSPS) is 18.6. The van der Waals surface area contributed by atoms with Crippen molar-refractivity contribution in [1.29, 1.82) is 0 Å². The topological polar surface area (TPSA) is 33.2 Å². The van der Waals surface area contributed by atoms with Gasteiger partial charge in [0.25, 0.3) is 0 Å². The monoisotopic (exact) mass is 232 g/mol. The fraction of sp³-hybridized carbons (Fsp3) is 0.571. The van der Waals surface area contributed by atoms with Gasteiger partial charge in [-0.2, -0.15) is 0 Å². The predicted octanol–water partition coefficient (Wildman–Crippen LogP) is 2.45. The number of carbonyl (C=O) groups is 1. The summed E-state index contributed by atoms with van der Waals surface area (Å²) in [6.07, 6.45) is 7.69. The number of carbonyl (C=O) groups excluding carboxylic acids is 1. The molecule has 1 aliphatic rings. The third-order valence-electron chi connectivity index (χ3n) is 3.85. The van der Waals surface area contributed by atoms with Crippen LogP contribution in [0.2, 0.25) is 0 Å². The van der Waals surface area contributed by atoms with Crippen LogP contribution in [-0.2, 0) is 0 Å². The molecule has 0 aliphatic heterocycles. The number of aromatic nitrogens is 1. The third-order valence-corrected chi connectivity index (χ3v) is 3.85. The molecule has 1 heterocycles. The number of likely N-dealkylation sites (N-methyl/N-ethyl adjacent to an activating group) is 1. The van der Waals surface area contributed by atoms with Crippen LogP contribution in [0, 0.1) is 6.92 Å². The van der Waals surface area contributed by atoms with Crippen molar-refractivity contribution in [1.82, 2.24) is 9.88 Å². The zero-order valence-electron chi connectivity index (χ0n) is 10.9.